The van der Waals surface area contributed by atoms with Gasteiger partial charge in [0.25, 0.3) is 0 Å². The van der Waals surface area contributed by atoms with Gasteiger partial charge in [0.05, 0.1) is 6.61 Å². The van der Waals surface area contributed by atoms with Crippen molar-refractivity contribution >= 4 is 5.78 Å². The number of carbonyl (C=O) groups excluding carboxylic acids is 1. The maximum absolute atomic E-state index is 12.9. The first kappa shape index (κ1) is 11.8. The molecule has 0 radical (unpaired) electrons. The Kier molecular flexibility index (Phi) is 4.39. The number of Topliss-reactive ketones (excluding diaryl/α,β-unsaturated/α-hetero) is 1. The van der Waals surface area contributed by atoms with Crippen LogP contribution in [0.15, 0.2) is 18.2 Å². The molecular formula is C11H14FNO2. The molecule has 0 unspecified atom stereocenters. The van der Waals surface area contributed by atoms with Gasteiger partial charge in [0.15, 0.2) is 5.78 Å². The summed E-state index contributed by atoms with van der Waals surface area (Å²) >= 11 is 0. The van der Waals surface area contributed by atoms with E-state index in [1.807, 2.05) is 0 Å². The zero-order chi connectivity index (χ0) is 11.3. The van der Waals surface area contributed by atoms with Crippen LogP contribution in [0.2, 0.25) is 0 Å². The Balaban J connectivity index is 2.99. The largest absolute Gasteiger partial charge is 0.380 e. The monoisotopic (exact) mass is 211 g/mol. The lowest BCUT2D eigenvalue weighted by Gasteiger charge is -2.07. The number of hydrogen-bond acceptors (Lipinski definition) is 3. The number of halogens is 1. The maximum Gasteiger partial charge on any atom is 0.164 e. The molecule has 3 nitrogen and oxygen atoms in total. The van der Waals surface area contributed by atoms with Gasteiger partial charge in [-0.05, 0) is 30.3 Å². The van der Waals surface area contributed by atoms with E-state index in [1.165, 1.54) is 25.3 Å². The van der Waals surface area contributed by atoms with Crippen molar-refractivity contribution in [1.29, 1.82) is 0 Å². The first-order valence-corrected chi connectivity index (χ1v) is 4.69. The number of ether oxygens (including phenoxy) is 1. The van der Waals surface area contributed by atoms with E-state index in [0.717, 1.165) is 0 Å². The predicted octanol–water partition coefficient (Wildman–Crippen LogP) is 1.50. The Labute approximate surface area is 88.0 Å². The molecule has 0 aromatic heterocycles. The molecule has 0 saturated heterocycles. The van der Waals surface area contributed by atoms with Crippen LogP contribution in [0.4, 0.5) is 4.39 Å². The Morgan fingerprint density at radius 1 is 1.53 bits per heavy atom. The number of methoxy groups -OCH3 is 1. The van der Waals surface area contributed by atoms with Crippen LogP contribution in [-0.4, -0.2) is 19.4 Å². The summed E-state index contributed by atoms with van der Waals surface area (Å²) in [5.41, 5.74) is 6.35. The van der Waals surface area contributed by atoms with E-state index in [-0.39, 0.29) is 24.6 Å². The first-order valence-electron chi connectivity index (χ1n) is 4.69. The van der Waals surface area contributed by atoms with Crippen molar-refractivity contribution < 1.29 is 13.9 Å². The molecule has 0 aliphatic carbocycles. The minimum Gasteiger partial charge on any atom is -0.380 e. The second-order valence-corrected chi connectivity index (χ2v) is 3.20. The first-order chi connectivity index (χ1) is 7.19. The molecule has 4 heteroatoms. The van der Waals surface area contributed by atoms with E-state index in [1.54, 1.807) is 0 Å². The summed E-state index contributed by atoms with van der Waals surface area (Å²) in [6, 6.07) is 4.05. The highest BCUT2D eigenvalue weighted by atomic mass is 19.1. The van der Waals surface area contributed by atoms with Gasteiger partial charge in [-0.3, -0.25) is 4.79 Å². The summed E-state index contributed by atoms with van der Waals surface area (Å²) in [5.74, 6) is -0.448. The van der Waals surface area contributed by atoms with Crippen LogP contribution in [0.25, 0.3) is 0 Å². The lowest BCUT2D eigenvalue weighted by molar-refractivity contribution is 0.0980. The van der Waals surface area contributed by atoms with Crippen molar-refractivity contribution in [3.05, 3.63) is 35.1 Å². The van der Waals surface area contributed by atoms with Gasteiger partial charge in [0, 0.05) is 19.1 Å². The third-order valence-electron chi connectivity index (χ3n) is 2.04. The fourth-order valence-electron chi connectivity index (χ4n) is 1.37. The fourth-order valence-corrected chi connectivity index (χ4v) is 1.37. The molecule has 1 aromatic carbocycles. The van der Waals surface area contributed by atoms with E-state index in [0.29, 0.717) is 17.7 Å². The summed E-state index contributed by atoms with van der Waals surface area (Å²) in [4.78, 5) is 11.6. The number of hydrogen-bond donors (Lipinski definition) is 1. The molecule has 15 heavy (non-hydrogen) atoms. The Bertz CT molecular complexity index is 352. The van der Waals surface area contributed by atoms with Gasteiger partial charge >= 0.3 is 0 Å². The molecule has 0 aliphatic heterocycles. The highest BCUT2D eigenvalue weighted by molar-refractivity contribution is 5.97. The van der Waals surface area contributed by atoms with Crippen LogP contribution < -0.4 is 5.73 Å². The van der Waals surface area contributed by atoms with Gasteiger partial charge in [-0.1, -0.05) is 0 Å². The van der Waals surface area contributed by atoms with Crippen molar-refractivity contribution in [2.75, 3.05) is 13.7 Å². The number of nitrogens with two attached hydrogens (primary N) is 1. The third kappa shape index (κ3) is 3.11. The maximum atomic E-state index is 12.9. The zero-order valence-electron chi connectivity index (χ0n) is 8.63. The van der Waals surface area contributed by atoms with Crippen molar-refractivity contribution in [3.8, 4) is 0 Å². The smallest absolute Gasteiger partial charge is 0.164 e. The predicted molar refractivity (Wildman–Crippen MR) is 55.1 cm³/mol. The van der Waals surface area contributed by atoms with Crippen molar-refractivity contribution in [1.82, 2.24) is 0 Å². The summed E-state index contributed by atoms with van der Waals surface area (Å²) < 4.78 is 17.8. The van der Waals surface area contributed by atoms with Crippen LogP contribution in [0.1, 0.15) is 22.3 Å². The molecule has 0 spiro atoms. The lowest BCUT2D eigenvalue weighted by Crippen LogP contribution is -2.11. The number of carbonyl (C=O) groups is 1. The number of benzene rings is 1. The second kappa shape index (κ2) is 5.58. The van der Waals surface area contributed by atoms with Crippen molar-refractivity contribution in [2.45, 2.75) is 13.0 Å². The molecule has 0 heterocycles. The minimum absolute atomic E-state index is 0.0791. The van der Waals surface area contributed by atoms with E-state index in [9.17, 15) is 9.18 Å². The van der Waals surface area contributed by atoms with Gasteiger partial charge < -0.3 is 10.5 Å². The Morgan fingerprint density at radius 3 is 2.87 bits per heavy atom. The average Bonchev–Trinajstić information content (AvgIpc) is 2.18. The molecule has 0 aliphatic rings. The molecule has 0 amide bonds. The topological polar surface area (TPSA) is 52.3 Å². The van der Waals surface area contributed by atoms with Crippen LogP contribution in [0, 0.1) is 5.82 Å². The second-order valence-electron chi connectivity index (χ2n) is 3.20. The van der Waals surface area contributed by atoms with E-state index in [4.69, 9.17) is 10.5 Å². The molecule has 0 saturated carbocycles. The zero-order valence-corrected chi connectivity index (χ0v) is 8.63. The lowest BCUT2D eigenvalue weighted by atomic mass is 10.0. The fraction of sp³-hybridized carbons (Fsp3) is 0.364. The minimum atomic E-state index is -0.369. The normalized spacial score (nSPS) is 10.3. The molecule has 0 fully saturated rings. The Hall–Kier alpha value is -1.26. The van der Waals surface area contributed by atoms with E-state index >= 15 is 0 Å². The summed E-state index contributed by atoms with van der Waals surface area (Å²) in [6.07, 6.45) is 0.266. The summed E-state index contributed by atoms with van der Waals surface area (Å²) in [5, 5.41) is 0. The van der Waals surface area contributed by atoms with E-state index < -0.39 is 0 Å². The molecule has 0 bridgehead atoms. The van der Waals surface area contributed by atoms with Crippen molar-refractivity contribution in [2.24, 2.45) is 5.73 Å². The van der Waals surface area contributed by atoms with Crippen LogP contribution >= 0.6 is 0 Å². The standard InChI is InChI=1S/C11H14FNO2/c1-15-7-8-6-9(12)2-3-10(8)11(14)4-5-13/h2-3,6H,4-5,7,13H2,1H3. The van der Waals surface area contributed by atoms with Crippen LogP contribution in [-0.2, 0) is 11.3 Å². The summed E-state index contributed by atoms with van der Waals surface area (Å²) in [6.45, 7) is 0.520. The van der Waals surface area contributed by atoms with Gasteiger partial charge in [0.2, 0.25) is 0 Å². The number of ketones is 1. The van der Waals surface area contributed by atoms with E-state index in [2.05, 4.69) is 0 Å². The molecule has 82 valence electrons. The van der Waals surface area contributed by atoms with Gasteiger partial charge in [0.1, 0.15) is 5.82 Å². The third-order valence-corrected chi connectivity index (χ3v) is 2.04. The quantitative estimate of drug-likeness (QED) is 0.751. The molecule has 1 rings (SSSR count). The average molecular weight is 211 g/mol. The van der Waals surface area contributed by atoms with Crippen LogP contribution in [0.5, 0.6) is 0 Å². The van der Waals surface area contributed by atoms with Gasteiger partial charge in [-0.25, -0.2) is 4.39 Å². The van der Waals surface area contributed by atoms with Crippen molar-refractivity contribution in [3.63, 3.8) is 0 Å². The molecular weight excluding hydrogens is 197 g/mol. The van der Waals surface area contributed by atoms with Gasteiger partial charge in [-0.2, -0.15) is 0 Å². The molecule has 1 aromatic rings. The van der Waals surface area contributed by atoms with Gasteiger partial charge in [-0.15, -0.1) is 0 Å². The van der Waals surface area contributed by atoms with Crippen LogP contribution in [0.3, 0.4) is 0 Å². The SMILES string of the molecule is COCc1cc(F)ccc1C(=O)CCN. The Morgan fingerprint density at radius 2 is 2.27 bits per heavy atom. The highest BCUT2D eigenvalue weighted by Gasteiger charge is 2.11. The number of rotatable bonds is 5. The highest BCUT2D eigenvalue weighted by Crippen LogP contribution is 2.14. The molecule has 0 atom stereocenters. The molecule has 2 N–H and O–H groups in total. The summed E-state index contributed by atoms with van der Waals surface area (Å²) in [7, 11) is 1.50.